The molecule has 1 N–H and O–H groups in total. The number of thiazole rings is 1. The monoisotopic (exact) mass is 495 g/mol. The van der Waals surface area contributed by atoms with Gasteiger partial charge in [-0.15, -0.1) is 20.4 Å². The molecule has 0 spiro atoms. The number of amides is 1. The summed E-state index contributed by atoms with van der Waals surface area (Å²) >= 11 is 3.79. The summed E-state index contributed by atoms with van der Waals surface area (Å²) in [7, 11) is 0. The predicted molar refractivity (Wildman–Crippen MR) is 131 cm³/mol. The van der Waals surface area contributed by atoms with Crippen LogP contribution in [0.25, 0.3) is 15.9 Å². The van der Waals surface area contributed by atoms with Gasteiger partial charge in [0, 0.05) is 5.69 Å². The number of hydrogen-bond acceptors (Lipinski definition) is 9. The molecule has 0 aliphatic carbocycles. The molecular formula is C21H17N7O2S3. The van der Waals surface area contributed by atoms with Crippen molar-refractivity contribution < 1.29 is 4.79 Å². The van der Waals surface area contributed by atoms with Crippen molar-refractivity contribution >= 4 is 55.7 Å². The third-order valence-corrected chi connectivity index (χ3v) is 7.34. The van der Waals surface area contributed by atoms with Gasteiger partial charge in [0.1, 0.15) is 5.01 Å². The molecule has 0 bridgehead atoms. The molecule has 0 radical (unpaired) electrons. The van der Waals surface area contributed by atoms with Crippen LogP contribution in [0.1, 0.15) is 10.8 Å². The second-order valence-corrected chi connectivity index (χ2v) is 10.1. The minimum atomic E-state index is -0.208. The number of aryl methyl sites for hydroxylation is 1. The molecule has 166 valence electrons. The lowest BCUT2D eigenvalue weighted by Gasteiger charge is -2.11. The molecule has 5 aromatic rings. The number of carbonyl (C=O) groups is 1. The molecule has 2 aromatic carbocycles. The fourth-order valence-electron chi connectivity index (χ4n) is 3.27. The average Bonchev–Trinajstić information content (AvgIpc) is 3.50. The lowest BCUT2D eigenvalue weighted by atomic mass is 10.3. The van der Waals surface area contributed by atoms with E-state index >= 15 is 0 Å². The van der Waals surface area contributed by atoms with Crippen LogP contribution in [0.2, 0.25) is 0 Å². The Kier molecular flexibility index (Phi) is 6.03. The standard InChI is InChI=1S/C21H17N7O2S3/c1-13-23-25-19(32-13)22-18(29)12-31-20-26-24-17(28(20)14-7-3-2-4-8-14)11-27-15-9-5-6-10-16(15)33-21(27)30/h2-10H,11-12H2,1H3,(H,22,25,29). The van der Waals surface area contributed by atoms with E-state index in [1.165, 1.54) is 34.4 Å². The van der Waals surface area contributed by atoms with Crippen LogP contribution in [0.5, 0.6) is 0 Å². The zero-order valence-corrected chi connectivity index (χ0v) is 19.8. The molecular weight excluding hydrogens is 478 g/mol. The third kappa shape index (κ3) is 4.58. The van der Waals surface area contributed by atoms with E-state index < -0.39 is 0 Å². The lowest BCUT2D eigenvalue weighted by Crippen LogP contribution is -2.17. The molecule has 9 nitrogen and oxygen atoms in total. The molecule has 0 fully saturated rings. The number of benzene rings is 2. The summed E-state index contributed by atoms with van der Waals surface area (Å²) in [4.78, 5) is 25.0. The first kappa shape index (κ1) is 21.5. The maximum absolute atomic E-state index is 12.6. The van der Waals surface area contributed by atoms with Gasteiger partial charge < -0.3 is 0 Å². The van der Waals surface area contributed by atoms with E-state index in [0.29, 0.717) is 16.1 Å². The van der Waals surface area contributed by atoms with Crippen molar-refractivity contribution in [2.75, 3.05) is 11.1 Å². The highest BCUT2D eigenvalue weighted by Gasteiger charge is 2.18. The highest BCUT2D eigenvalue weighted by Crippen LogP contribution is 2.24. The van der Waals surface area contributed by atoms with Gasteiger partial charge in [-0.1, -0.05) is 64.8 Å². The Morgan fingerprint density at radius 2 is 1.79 bits per heavy atom. The van der Waals surface area contributed by atoms with Gasteiger partial charge in [-0.05, 0) is 31.2 Å². The van der Waals surface area contributed by atoms with Crippen LogP contribution in [-0.2, 0) is 11.3 Å². The van der Waals surface area contributed by atoms with Gasteiger partial charge in [-0.2, -0.15) is 0 Å². The van der Waals surface area contributed by atoms with E-state index in [9.17, 15) is 9.59 Å². The average molecular weight is 496 g/mol. The first-order valence-electron chi connectivity index (χ1n) is 9.89. The fraction of sp³-hybridized carbons (Fsp3) is 0.143. The van der Waals surface area contributed by atoms with Crippen molar-refractivity contribution in [1.82, 2.24) is 29.5 Å². The molecule has 0 atom stereocenters. The highest BCUT2D eigenvalue weighted by molar-refractivity contribution is 7.99. The fourth-order valence-corrected chi connectivity index (χ4v) is 5.54. The summed E-state index contributed by atoms with van der Waals surface area (Å²) in [6.45, 7) is 2.09. The molecule has 0 unspecified atom stereocenters. The van der Waals surface area contributed by atoms with Gasteiger partial charge >= 0.3 is 4.87 Å². The number of nitrogens with zero attached hydrogens (tertiary/aromatic N) is 6. The summed E-state index contributed by atoms with van der Waals surface area (Å²) in [5.74, 6) is 0.528. The van der Waals surface area contributed by atoms with Gasteiger partial charge in [-0.3, -0.25) is 24.0 Å². The van der Waals surface area contributed by atoms with Crippen molar-refractivity contribution in [3.63, 3.8) is 0 Å². The van der Waals surface area contributed by atoms with E-state index in [0.717, 1.165) is 20.9 Å². The van der Waals surface area contributed by atoms with Gasteiger partial charge in [0.05, 0.1) is 22.5 Å². The number of anilines is 1. The second kappa shape index (κ2) is 9.25. The van der Waals surface area contributed by atoms with Crippen molar-refractivity contribution in [1.29, 1.82) is 0 Å². The maximum atomic E-state index is 12.6. The SMILES string of the molecule is Cc1nnc(NC(=O)CSc2nnc(Cn3c(=O)sc4ccccc43)n2-c2ccccc2)s1. The molecule has 5 rings (SSSR count). The molecule has 0 saturated carbocycles. The van der Waals surface area contributed by atoms with Crippen molar-refractivity contribution in [2.24, 2.45) is 0 Å². The number of carbonyl (C=O) groups excluding carboxylic acids is 1. The lowest BCUT2D eigenvalue weighted by molar-refractivity contribution is -0.113. The van der Waals surface area contributed by atoms with Gasteiger partial charge in [0.15, 0.2) is 11.0 Å². The van der Waals surface area contributed by atoms with Crippen LogP contribution in [-0.4, -0.2) is 41.2 Å². The number of thioether (sulfide) groups is 1. The smallest absolute Gasteiger partial charge is 0.300 e. The molecule has 0 aliphatic rings. The molecule has 12 heteroatoms. The maximum Gasteiger partial charge on any atom is 0.308 e. The van der Waals surface area contributed by atoms with Crippen molar-refractivity contribution in [2.45, 2.75) is 18.6 Å². The minimum Gasteiger partial charge on any atom is -0.300 e. The van der Waals surface area contributed by atoms with Crippen LogP contribution >= 0.6 is 34.4 Å². The van der Waals surface area contributed by atoms with Crippen molar-refractivity contribution in [3.8, 4) is 5.69 Å². The summed E-state index contributed by atoms with van der Waals surface area (Å²) in [5, 5.41) is 21.1. The van der Waals surface area contributed by atoms with Crippen LogP contribution in [0.15, 0.2) is 64.5 Å². The molecule has 1 amide bonds. The normalized spacial score (nSPS) is 11.2. The zero-order valence-electron chi connectivity index (χ0n) is 17.3. The van der Waals surface area contributed by atoms with Crippen LogP contribution in [0, 0.1) is 6.92 Å². The summed E-state index contributed by atoms with van der Waals surface area (Å²) in [6, 6.07) is 17.3. The Labute approximate surface area is 200 Å². The quantitative estimate of drug-likeness (QED) is 0.344. The van der Waals surface area contributed by atoms with Crippen LogP contribution in [0.3, 0.4) is 0 Å². The van der Waals surface area contributed by atoms with Gasteiger partial charge in [0.25, 0.3) is 0 Å². The first-order valence-corrected chi connectivity index (χ1v) is 12.5. The number of para-hydroxylation sites is 2. The summed E-state index contributed by atoms with van der Waals surface area (Å²) in [6.07, 6.45) is 0. The van der Waals surface area contributed by atoms with Gasteiger partial charge in [-0.25, -0.2) is 0 Å². The number of aromatic nitrogens is 6. The topological polar surface area (TPSA) is 108 Å². The largest absolute Gasteiger partial charge is 0.308 e. The molecule has 0 saturated heterocycles. The second-order valence-electron chi connectivity index (χ2n) is 6.95. The molecule has 3 aromatic heterocycles. The number of nitrogens with one attached hydrogen (secondary N) is 1. The Bertz CT molecular complexity index is 1490. The number of hydrogen-bond donors (Lipinski definition) is 1. The Morgan fingerprint density at radius 1 is 1.00 bits per heavy atom. The Balaban J connectivity index is 1.43. The van der Waals surface area contributed by atoms with E-state index in [1.807, 2.05) is 66.1 Å². The Morgan fingerprint density at radius 3 is 2.58 bits per heavy atom. The van der Waals surface area contributed by atoms with Crippen LogP contribution in [0.4, 0.5) is 5.13 Å². The number of fused-ring (bicyclic) bond motifs is 1. The van der Waals surface area contributed by atoms with E-state index in [2.05, 4.69) is 25.7 Å². The molecule has 3 heterocycles. The molecule has 33 heavy (non-hydrogen) atoms. The Hall–Kier alpha value is -3.35. The van der Waals surface area contributed by atoms with Crippen molar-refractivity contribution in [3.05, 3.63) is 75.1 Å². The third-order valence-electron chi connectivity index (χ3n) is 4.69. The molecule has 0 aliphatic heterocycles. The minimum absolute atomic E-state index is 0.0558. The predicted octanol–water partition coefficient (Wildman–Crippen LogP) is 3.58. The summed E-state index contributed by atoms with van der Waals surface area (Å²) < 4.78 is 4.50. The number of rotatable bonds is 7. The summed E-state index contributed by atoms with van der Waals surface area (Å²) in [5.41, 5.74) is 1.71. The van der Waals surface area contributed by atoms with E-state index in [4.69, 9.17) is 0 Å². The highest BCUT2D eigenvalue weighted by atomic mass is 32.2. The zero-order chi connectivity index (χ0) is 22.8. The first-order chi connectivity index (χ1) is 16.1. The van der Waals surface area contributed by atoms with E-state index in [1.54, 1.807) is 4.57 Å². The van der Waals surface area contributed by atoms with E-state index in [-0.39, 0.29) is 23.1 Å². The van der Waals surface area contributed by atoms with Crippen LogP contribution < -0.4 is 10.2 Å². The van der Waals surface area contributed by atoms with Gasteiger partial charge in [0.2, 0.25) is 11.0 Å².